The SMILES string of the molecule is CCOC(=O)N1CCC[C@@H](C(=O)N[C@H](c2nc(C)cs2)C2CC2)C1. The van der Waals surface area contributed by atoms with Crippen LogP contribution in [0.1, 0.15) is 49.4 Å². The Labute approximate surface area is 146 Å². The van der Waals surface area contributed by atoms with Crippen LogP contribution in [-0.4, -0.2) is 41.6 Å². The number of aryl methyl sites for hydroxylation is 1. The van der Waals surface area contributed by atoms with E-state index in [0.29, 0.717) is 25.6 Å². The Bertz CT molecular complexity index is 600. The first-order valence-corrected chi connectivity index (χ1v) is 9.60. The van der Waals surface area contributed by atoms with E-state index in [1.54, 1.807) is 23.2 Å². The van der Waals surface area contributed by atoms with Crippen molar-refractivity contribution >= 4 is 23.3 Å². The minimum Gasteiger partial charge on any atom is -0.450 e. The molecule has 2 atom stereocenters. The standard InChI is InChI=1S/C17H25N3O3S/c1-3-23-17(22)20-8-4-5-13(9-20)15(21)19-14(12-6-7-12)16-18-11(2)10-24-16/h10,12-14H,3-9H2,1-2H3,(H,19,21)/t13-,14+/m1/s1. The van der Waals surface area contributed by atoms with Crippen LogP contribution in [0.3, 0.4) is 0 Å². The van der Waals surface area contributed by atoms with Crippen molar-refractivity contribution < 1.29 is 14.3 Å². The average molecular weight is 351 g/mol. The summed E-state index contributed by atoms with van der Waals surface area (Å²) in [6.45, 7) is 5.24. The molecule has 2 amide bonds. The Kier molecular flexibility index (Phi) is 5.38. The van der Waals surface area contributed by atoms with Crippen molar-refractivity contribution in [3.63, 3.8) is 0 Å². The van der Waals surface area contributed by atoms with Crippen LogP contribution in [0.15, 0.2) is 5.38 Å². The van der Waals surface area contributed by atoms with Crippen LogP contribution < -0.4 is 5.32 Å². The molecule has 1 aromatic rings. The number of nitrogens with one attached hydrogen (secondary N) is 1. The smallest absolute Gasteiger partial charge is 0.409 e. The number of thiazole rings is 1. The number of carbonyl (C=O) groups is 2. The number of likely N-dealkylation sites (tertiary alicyclic amines) is 1. The lowest BCUT2D eigenvalue weighted by atomic mass is 9.97. The molecule has 0 spiro atoms. The van der Waals surface area contributed by atoms with Crippen LogP contribution in [0.25, 0.3) is 0 Å². The van der Waals surface area contributed by atoms with Gasteiger partial charge in [-0.1, -0.05) is 0 Å². The number of aromatic nitrogens is 1. The van der Waals surface area contributed by atoms with E-state index >= 15 is 0 Å². The summed E-state index contributed by atoms with van der Waals surface area (Å²) in [5.74, 6) is 0.378. The van der Waals surface area contributed by atoms with Crippen molar-refractivity contribution in [1.82, 2.24) is 15.2 Å². The molecule has 0 radical (unpaired) electrons. The van der Waals surface area contributed by atoms with E-state index in [1.807, 2.05) is 12.3 Å². The number of amides is 2. The van der Waals surface area contributed by atoms with Crippen LogP contribution in [0.5, 0.6) is 0 Å². The number of ether oxygens (including phenoxy) is 1. The van der Waals surface area contributed by atoms with Crippen LogP contribution >= 0.6 is 11.3 Å². The normalized spacial score (nSPS) is 22.1. The first-order chi connectivity index (χ1) is 11.6. The fourth-order valence-electron chi connectivity index (χ4n) is 3.17. The lowest BCUT2D eigenvalue weighted by Gasteiger charge is -2.32. The molecule has 3 rings (SSSR count). The van der Waals surface area contributed by atoms with Gasteiger partial charge in [0.05, 0.1) is 18.6 Å². The van der Waals surface area contributed by atoms with E-state index in [2.05, 4.69) is 10.3 Å². The molecule has 1 saturated carbocycles. The van der Waals surface area contributed by atoms with Crippen molar-refractivity contribution in [2.45, 2.75) is 45.6 Å². The Morgan fingerprint density at radius 2 is 2.25 bits per heavy atom. The number of carbonyl (C=O) groups excluding carboxylic acids is 2. The highest BCUT2D eigenvalue weighted by Gasteiger charge is 2.37. The molecule has 1 N–H and O–H groups in total. The topological polar surface area (TPSA) is 71.5 Å². The Hall–Kier alpha value is -1.63. The zero-order chi connectivity index (χ0) is 17.1. The van der Waals surface area contributed by atoms with Crippen LogP contribution in [-0.2, 0) is 9.53 Å². The molecular weight excluding hydrogens is 326 g/mol. The third-order valence-corrected chi connectivity index (χ3v) is 5.66. The summed E-state index contributed by atoms with van der Waals surface area (Å²) in [7, 11) is 0. The summed E-state index contributed by atoms with van der Waals surface area (Å²) in [4.78, 5) is 30.8. The average Bonchev–Trinajstić information content (AvgIpc) is 3.33. The van der Waals surface area contributed by atoms with Crippen molar-refractivity contribution in [1.29, 1.82) is 0 Å². The molecule has 132 valence electrons. The molecule has 6 nitrogen and oxygen atoms in total. The van der Waals surface area contributed by atoms with Gasteiger partial charge in [0.25, 0.3) is 0 Å². The lowest BCUT2D eigenvalue weighted by Crippen LogP contribution is -2.46. The summed E-state index contributed by atoms with van der Waals surface area (Å²) in [5, 5.41) is 6.23. The second-order valence-electron chi connectivity index (χ2n) is 6.63. The van der Waals surface area contributed by atoms with Crippen LogP contribution in [0.2, 0.25) is 0 Å². The second kappa shape index (κ2) is 7.51. The maximum Gasteiger partial charge on any atom is 0.409 e. The van der Waals surface area contributed by atoms with E-state index in [9.17, 15) is 9.59 Å². The maximum absolute atomic E-state index is 12.7. The van der Waals surface area contributed by atoms with E-state index in [-0.39, 0.29) is 24.0 Å². The molecule has 0 unspecified atom stereocenters. The van der Waals surface area contributed by atoms with Gasteiger partial charge in [-0.2, -0.15) is 0 Å². The first-order valence-electron chi connectivity index (χ1n) is 8.72. The highest BCUT2D eigenvalue weighted by molar-refractivity contribution is 7.09. The van der Waals surface area contributed by atoms with Gasteiger partial charge in [0, 0.05) is 24.2 Å². The number of piperidine rings is 1. The van der Waals surface area contributed by atoms with Gasteiger partial charge < -0.3 is 15.0 Å². The van der Waals surface area contributed by atoms with Gasteiger partial charge in [-0.05, 0) is 45.4 Å². The highest BCUT2D eigenvalue weighted by Crippen LogP contribution is 2.42. The monoisotopic (exact) mass is 351 g/mol. The molecule has 1 aliphatic heterocycles. The van der Waals surface area contributed by atoms with E-state index < -0.39 is 0 Å². The van der Waals surface area contributed by atoms with Crippen molar-refractivity contribution in [2.75, 3.05) is 19.7 Å². The predicted molar refractivity (Wildman–Crippen MR) is 91.8 cm³/mol. The van der Waals surface area contributed by atoms with Gasteiger partial charge in [0.15, 0.2) is 0 Å². The molecule has 0 aromatic carbocycles. The lowest BCUT2D eigenvalue weighted by molar-refractivity contribution is -0.127. The van der Waals surface area contributed by atoms with Gasteiger partial charge in [0.2, 0.25) is 5.91 Å². The van der Waals surface area contributed by atoms with Gasteiger partial charge in [0.1, 0.15) is 5.01 Å². The van der Waals surface area contributed by atoms with E-state index in [0.717, 1.165) is 36.4 Å². The summed E-state index contributed by atoms with van der Waals surface area (Å²) >= 11 is 1.62. The third kappa shape index (κ3) is 4.06. The van der Waals surface area contributed by atoms with E-state index in [4.69, 9.17) is 4.74 Å². The second-order valence-corrected chi connectivity index (χ2v) is 7.52. The van der Waals surface area contributed by atoms with Gasteiger partial charge in [-0.15, -0.1) is 11.3 Å². The molecular formula is C17H25N3O3S. The molecule has 2 heterocycles. The molecule has 2 aliphatic rings. The van der Waals surface area contributed by atoms with Gasteiger partial charge in [-0.3, -0.25) is 4.79 Å². The van der Waals surface area contributed by atoms with Crippen LogP contribution in [0.4, 0.5) is 4.79 Å². The van der Waals surface area contributed by atoms with Gasteiger partial charge >= 0.3 is 6.09 Å². The minimum atomic E-state index is -0.315. The largest absolute Gasteiger partial charge is 0.450 e. The Morgan fingerprint density at radius 3 is 2.88 bits per heavy atom. The van der Waals surface area contributed by atoms with E-state index in [1.165, 1.54) is 0 Å². The highest BCUT2D eigenvalue weighted by atomic mass is 32.1. The maximum atomic E-state index is 12.7. The Morgan fingerprint density at radius 1 is 1.46 bits per heavy atom. The third-order valence-electron chi connectivity index (χ3n) is 4.61. The summed E-state index contributed by atoms with van der Waals surface area (Å²) in [5.41, 5.74) is 1.00. The van der Waals surface area contributed by atoms with Crippen molar-refractivity contribution in [2.24, 2.45) is 11.8 Å². The number of rotatable bonds is 5. The molecule has 2 fully saturated rings. The molecule has 7 heteroatoms. The zero-order valence-electron chi connectivity index (χ0n) is 14.3. The molecule has 1 aliphatic carbocycles. The fraction of sp³-hybridized carbons (Fsp3) is 0.706. The summed E-state index contributed by atoms with van der Waals surface area (Å²) < 4.78 is 5.06. The van der Waals surface area contributed by atoms with Gasteiger partial charge in [-0.25, -0.2) is 9.78 Å². The predicted octanol–water partition coefficient (Wildman–Crippen LogP) is 2.89. The van der Waals surface area contributed by atoms with Crippen LogP contribution in [0, 0.1) is 18.8 Å². The Balaban J connectivity index is 1.61. The molecule has 1 aromatic heterocycles. The van der Waals surface area contributed by atoms with Crippen molar-refractivity contribution in [3.8, 4) is 0 Å². The summed E-state index contributed by atoms with van der Waals surface area (Å²) in [6, 6.07) is 0.0224. The molecule has 1 saturated heterocycles. The zero-order valence-corrected chi connectivity index (χ0v) is 15.1. The first kappa shape index (κ1) is 17.2. The quantitative estimate of drug-likeness (QED) is 0.885. The minimum absolute atomic E-state index is 0.0224. The fourth-order valence-corrected chi connectivity index (χ4v) is 4.11. The summed E-state index contributed by atoms with van der Waals surface area (Å²) in [6.07, 6.45) is 3.62. The molecule has 24 heavy (non-hydrogen) atoms. The number of hydrogen-bond acceptors (Lipinski definition) is 5. The van der Waals surface area contributed by atoms with Crippen molar-refractivity contribution in [3.05, 3.63) is 16.1 Å². The number of nitrogens with zero attached hydrogens (tertiary/aromatic N) is 2. The number of hydrogen-bond donors (Lipinski definition) is 1. The molecule has 0 bridgehead atoms.